The van der Waals surface area contributed by atoms with Crippen molar-refractivity contribution < 1.29 is 4.79 Å². The molecule has 1 atom stereocenters. The number of anilines is 1. The van der Waals surface area contributed by atoms with Gasteiger partial charge < -0.3 is 10.2 Å². The minimum absolute atomic E-state index is 0.166. The van der Waals surface area contributed by atoms with Crippen molar-refractivity contribution in [1.82, 2.24) is 15.1 Å². The van der Waals surface area contributed by atoms with Crippen molar-refractivity contribution in [3.63, 3.8) is 0 Å². The molecule has 1 aromatic carbocycles. The number of para-hydroxylation sites is 1. The number of hydrogen-bond acceptors (Lipinski definition) is 3. The van der Waals surface area contributed by atoms with Crippen LogP contribution in [0, 0.1) is 6.92 Å². The third kappa shape index (κ3) is 2.93. The van der Waals surface area contributed by atoms with E-state index >= 15 is 0 Å². The monoisotopic (exact) mass is 332 g/mol. The smallest absolute Gasteiger partial charge is 0.256 e. The van der Waals surface area contributed by atoms with Crippen LogP contribution < -0.4 is 10.2 Å². The van der Waals surface area contributed by atoms with Crippen LogP contribution in [0.3, 0.4) is 0 Å². The number of hydrogen-bond donors (Lipinski definition) is 1. The summed E-state index contributed by atoms with van der Waals surface area (Å²) < 4.78 is 1.52. The van der Waals surface area contributed by atoms with Gasteiger partial charge in [0, 0.05) is 31.9 Å². The van der Waals surface area contributed by atoms with E-state index in [0.29, 0.717) is 29.0 Å². The summed E-state index contributed by atoms with van der Waals surface area (Å²) in [6.07, 6.45) is 1.05. The number of carbonyl (C=O) groups excluding carboxylic acids is 1. The number of fused-ring (bicyclic) bond motifs is 1. The van der Waals surface area contributed by atoms with Crippen molar-refractivity contribution in [3.8, 4) is 0 Å². The van der Waals surface area contributed by atoms with Crippen molar-refractivity contribution in [2.24, 2.45) is 7.05 Å². The number of rotatable bonds is 4. The average molecular weight is 333 g/mol. The van der Waals surface area contributed by atoms with Gasteiger partial charge in [0.15, 0.2) is 0 Å². The Morgan fingerprint density at radius 2 is 2.17 bits per heavy atom. The van der Waals surface area contributed by atoms with E-state index < -0.39 is 0 Å². The molecule has 1 amide bonds. The number of nitrogens with zero attached hydrogens (tertiary/aromatic N) is 3. The highest BCUT2D eigenvalue weighted by Crippen LogP contribution is 2.31. The number of aromatic nitrogens is 2. The van der Waals surface area contributed by atoms with Crippen LogP contribution in [0.5, 0.6) is 0 Å². The van der Waals surface area contributed by atoms with E-state index in [9.17, 15) is 4.79 Å². The van der Waals surface area contributed by atoms with Gasteiger partial charge in [0.25, 0.3) is 5.91 Å². The Morgan fingerprint density at radius 1 is 1.43 bits per heavy atom. The quantitative estimate of drug-likeness (QED) is 0.936. The Hall–Kier alpha value is -2.01. The van der Waals surface area contributed by atoms with Crippen molar-refractivity contribution in [2.45, 2.75) is 26.3 Å². The first-order chi connectivity index (χ1) is 11.0. The molecule has 1 aromatic heterocycles. The van der Waals surface area contributed by atoms with Gasteiger partial charge in [0.2, 0.25) is 0 Å². The van der Waals surface area contributed by atoms with E-state index in [1.54, 1.807) is 14.0 Å². The highest BCUT2D eigenvalue weighted by Gasteiger charge is 2.25. The molecule has 0 fully saturated rings. The van der Waals surface area contributed by atoms with E-state index in [4.69, 9.17) is 11.6 Å². The number of carbonyl (C=O) groups is 1. The summed E-state index contributed by atoms with van der Waals surface area (Å²) in [5.41, 5.74) is 3.75. The second-order valence-electron chi connectivity index (χ2n) is 6.01. The molecule has 0 aliphatic carbocycles. The highest BCUT2D eigenvalue weighted by molar-refractivity contribution is 6.33. The first kappa shape index (κ1) is 15.9. The Balaban J connectivity index is 1.63. The molecule has 23 heavy (non-hydrogen) atoms. The van der Waals surface area contributed by atoms with Crippen LogP contribution in [0.1, 0.15) is 28.5 Å². The normalized spacial score (nSPS) is 16.5. The fraction of sp³-hybridized carbons (Fsp3) is 0.412. The van der Waals surface area contributed by atoms with Crippen molar-refractivity contribution in [3.05, 3.63) is 46.2 Å². The van der Waals surface area contributed by atoms with Gasteiger partial charge in [0.1, 0.15) is 5.15 Å². The number of amides is 1. The van der Waals surface area contributed by atoms with E-state index in [-0.39, 0.29) is 5.91 Å². The van der Waals surface area contributed by atoms with Gasteiger partial charge in [-0.3, -0.25) is 9.48 Å². The zero-order chi connectivity index (χ0) is 16.6. The molecule has 122 valence electrons. The SMILES string of the molecule is Cc1nn(C)c(Cl)c1C(=O)NCCN1c2ccccc2CC1C. The topological polar surface area (TPSA) is 50.2 Å². The highest BCUT2D eigenvalue weighted by atomic mass is 35.5. The van der Waals surface area contributed by atoms with E-state index in [0.717, 1.165) is 13.0 Å². The lowest BCUT2D eigenvalue weighted by Gasteiger charge is -2.25. The number of nitrogens with one attached hydrogen (secondary N) is 1. The molecule has 2 heterocycles. The van der Waals surface area contributed by atoms with Gasteiger partial charge in [-0.05, 0) is 31.9 Å². The molecule has 2 aromatic rings. The molecule has 1 N–H and O–H groups in total. The molecular formula is C17H21ClN4O. The second kappa shape index (κ2) is 6.24. The van der Waals surface area contributed by atoms with Crippen LogP contribution in [-0.4, -0.2) is 34.8 Å². The molecule has 1 aliphatic rings. The van der Waals surface area contributed by atoms with E-state index in [1.807, 2.05) is 0 Å². The van der Waals surface area contributed by atoms with Crippen LogP contribution in [0.4, 0.5) is 5.69 Å². The number of halogens is 1. The molecule has 1 aliphatic heterocycles. The minimum atomic E-state index is -0.166. The van der Waals surface area contributed by atoms with Gasteiger partial charge in [-0.2, -0.15) is 5.10 Å². The number of aryl methyl sites for hydroxylation is 2. The molecule has 6 heteroatoms. The van der Waals surface area contributed by atoms with Gasteiger partial charge in [-0.1, -0.05) is 29.8 Å². The maximum Gasteiger partial charge on any atom is 0.256 e. The first-order valence-corrected chi connectivity index (χ1v) is 8.18. The third-order valence-corrected chi connectivity index (χ3v) is 4.80. The Labute approximate surface area is 141 Å². The van der Waals surface area contributed by atoms with E-state index in [2.05, 4.69) is 46.5 Å². The molecule has 0 bridgehead atoms. The lowest BCUT2D eigenvalue weighted by atomic mass is 10.1. The zero-order valence-corrected chi connectivity index (χ0v) is 14.4. The predicted molar refractivity (Wildman–Crippen MR) is 92.2 cm³/mol. The first-order valence-electron chi connectivity index (χ1n) is 7.81. The molecule has 0 spiro atoms. The summed E-state index contributed by atoms with van der Waals surface area (Å²) in [4.78, 5) is 14.7. The summed E-state index contributed by atoms with van der Waals surface area (Å²) in [6.45, 7) is 5.35. The molecular weight excluding hydrogens is 312 g/mol. The zero-order valence-electron chi connectivity index (χ0n) is 13.6. The summed E-state index contributed by atoms with van der Waals surface area (Å²) in [5, 5.41) is 7.50. The largest absolute Gasteiger partial charge is 0.367 e. The molecule has 0 radical (unpaired) electrons. The molecule has 1 unspecified atom stereocenters. The van der Waals surface area contributed by atoms with Gasteiger partial charge in [-0.15, -0.1) is 0 Å². The van der Waals surface area contributed by atoms with E-state index in [1.165, 1.54) is 15.9 Å². The summed E-state index contributed by atoms with van der Waals surface area (Å²) >= 11 is 6.13. The maximum atomic E-state index is 12.3. The predicted octanol–water partition coefficient (Wildman–Crippen LogP) is 2.56. The molecule has 0 saturated carbocycles. The molecule has 0 saturated heterocycles. The fourth-order valence-electron chi connectivity index (χ4n) is 3.24. The fourth-order valence-corrected chi connectivity index (χ4v) is 3.50. The van der Waals surface area contributed by atoms with Gasteiger partial charge in [-0.25, -0.2) is 0 Å². The minimum Gasteiger partial charge on any atom is -0.367 e. The van der Waals surface area contributed by atoms with Crippen LogP contribution in [-0.2, 0) is 13.5 Å². The van der Waals surface area contributed by atoms with Gasteiger partial charge >= 0.3 is 0 Å². The summed E-state index contributed by atoms with van der Waals surface area (Å²) in [6, 6.07) is 8.89. The van der Waals surface area contributed by atoms with Crippen LogP contribution >= 0.6 is 11.6 Å². The molecule has 3 rings (SSSR count). The number of benzene rings is 1. The Morgan fingerprint density at radius 3 is 2.87 bits per heavy atom. The van der Waals surface area contributed by atoms with Crippen molar-refractivity contribution >= 4 is 23.2 Å². The second-order valence-corrected chi connectivity index (χ2v) is 6.36. The lowest BCUT2D eigenvalue weighted by Crippen LogP contribution is -2.38. The standard InChI is InChI=1S/C17H21ClN4O/c1-11-10-13-6-4-5-7-14(13)22(11)9-8-19-17(23)15-12(2)20-21(3)16(15)18/h4-7,11H,8-10H2,1-3H3,(H,19,23). The summed E-state index contributed by atoms with van der Waals surface area (Å²) in [7, 11) is 1.73. The van der Waals surface area contributed by atoms with Crippen LogP contribution in [0.25, 0.3) is 0 Å². The summed E-state index contributed by atoms with van der Waals surface area (Å²) in [5.74, 6) is -0.166. The van der Waals surface area contributed by atoms with Crippen molar-refractivity contribution in [2.75, 3.05) is 18.0 Å². The Bertz CT molecular complexity index is 740. The lowest BCUT2D eigenvalue weighted by molar-refractivity contribution is 0.0954. The van der Waals surface area contributed by atoms with Crippen LogP contribution in [0.2, 0.25) is 5.15 Å². The Kier molecular flexibility index (Phi) is 4.31. The maximum absolute atomic E-state index is 12.3. The van der Waals surface area contributed by atoms with Gasteiger partial charge in [0.05, 0.1) is 11.3 Å². The third-order valence-electron chi connectivity index (χ3n) is 4.37. The van der Waals surface area contributed by atoms with Crippen molar-refractivity contribution in [1.29, 1.82) is 0 Å². The average Bonchev–Trinajstić information content (AvgIpc) is 2.96. The molecule has 5 nitrogen and oxygen atoms in total. The van der Waals surface area contributed by atoms with Crippen LogP contribution in [0.15, 0.2) is 24.3 Å².